The second-order valence-corrected chi connectivity index (χ2v) is 9.46. The first-order valence-corrected chi connectivity index (χ1v) is 10.7. The Hall–Kier alpha value is -3.10. The van der Waals surface area contributed by atoms with E-state index in [0.717, 1.165) is 28.5 Å². The summed E-state index contributed by atoms with van der Waals surface area (Å²) in [4.78, 5) is 26.4. The van der Waals surface area contributed by atoms with Crippen molar-refractivity contribution in [3.8, 4) is 11.4 Å². The Bertz CT molecular complexity index is 1580. The fourth-order valence-corrected chi connectivity index (χ4v) is 5.31. The van der Waals surface area contributed by atoms with Crippen LogP contribution in [-0.2, 0) is 5.41 Å². The maximum atomic E-state index is 14.7. The number of benzene rings is 2. The molecule has 0 atom stereocenters. The fraction of sp³-hybridized carbons (Fsp3) is 0.130. The van der Waals surface area contributed by atoms with Gasteiger partial charge >= 0.3 is 5.63 Å². The van der Waals surface area contributed by atoms with Crippen molar-refractivity contribution in [3.05, 3.63) is 91.2 Å². The maximum absolute atomic E-state index is 14.7. The molecule has 5 rings (SSSR count). The SMILES string of the molecule is CC1(C)c2c(F)cc(F)cc2-n2c1cc1oc(=O)c(Sc3cccc(Cl)c3)c(O)c1c2=O. The highest BCUT2D eigenvalue weighted by Gasteiger charge is 2.41. The lowest BCUT2D eigenvalue weighted by molar-refractivity contribution is 0.445. The van der Waals surface area contributed by atoms with E-state index in [1.807, 2.05) is 0 Å². The summed E-state index contributed by atoms with van der Waals surface area (Å²) in [5, 5.41) is 11.1. The molecule has 5 nitrogen and oxygen atoms in total. The molecule has 2 aromatic carbocycles. The lowest BCUT2D eigenvalue weighted by Gasteiger charge is -2.20. The monoisotopic (exact) mass is 473 g/mol. The highest BCUT2D eigenvalue weighted by Crippen LogP contribution is 2.45. The Morgan fingerprint density at radius 2 is 1.88 bits per heavy atom. The third-order valence-corrected chi connectivity index (χ3v) is 6.86. The molecular weight excluding hydrogens is 460 g/mol. The molecule has 3 heterocycles. The van der Waals surface area contributed by atoms with Crippen LogP contribution in [0.15, 0.2) is 66.3 Å². The standard InChI is InChI=1S/C23H14ClF2NO4S/c1-23(2)16-9-15-17(21(29)27(16)14-8-11(25)7-13(26)18(14)23)19(28)20(22(30)31-15)32-12-5-3-4-10(24)6-12/h3-9,28H,1-2H3. The van der Waals surface area contributed by atoms with Gasteiger partial charge in [-0.3, -0.25) is 9.36 Å². The molecule has 0 radical (unpaired) electrons. The quantitative estimate of drug-likeness (QED) is 0.423. The molecule has 4 aromatic rings. The van der Waals surface area contributed by atoms with Gasteiger partial charge in [-0.2, -0.15) is 0 Å². The van der Waals surface area contributed by atoms with Gasteiger partial charge in [-0.25, -0.2) is 13.6 Å². The molecule has 0 saturated heterocycles. The summed E-state index contributed by atoms with van der Waals surface area (Å²) in [5.41, 5.74) is -2.24. The van der Waals surface area contributed by atoms with Crippen LogP contribution in [0.25, 0.3) is 16.7 Å². The molecule has 2 aromatic heterocycles. The number of nitrogens with zero attached hydrogens (tertiary/aromatic N) is 1. The molecular formula is C23H14ClF2NO4S. The van der Waals surface area contributed by atoms with E-state index >= 15 is 0 Å². The van der Waals surface area contributed by atoms with Crippen molar-refractivity contribution in [1.82, 2.24) is 4.57 Å². The van der Waals surface area contributed by atoms with Crippen LogP contribution in [0.3, 0.4) is 0 Å². The highest BCUT2D eigenvalue weighted by atomic mass is 35.5. The molecule has 0 aliphatic carbocycles. The summed E-state index contributed by atoms with van der Waals surface area (Å²) >= 11 is 6.88. The average Bonchev–Trinajstić information content (AvgIpc) is 2.92. The van der Waals surface area contributed by atoms with Crippen LogP contribution >= 0.6 is 23.4 Å². The number of hydrogen-bond donors (Lipinski definition) is 1. The summed E-state index contributed by atoms with van der Waals surface area (Å²) in [7, 11) is 0. The van der Waals surface area contributed by atoms with Gasteiger partial charge in [0.1, 0.15) is 27.5 Å². The first kappa shape index (κ1) is 20.8. The molecule has 1 aliphatic heterocycles. The third kappa shape index (κ3) is 2.90. The lowest BCUT2D eigenvalue weighted by atomic mass is 9.83. The van der Waals surface area contributed by atoms with Crippen LogP contribution in [0.4, 0.5) is 8.78 Å². The number of pyridine rings is 1. The Balaban J connectivity index is 1.82. The molecule has 9 heteroatoms. The van der Waals surface area contributed by atoms with E-state index in [-0.39, 0.29) is 27.1 Å². The molecule has 0 fully saturated rings. The predicted octanol–water partition coefficient (Wildman–Crippen LogP) is 5.37. The van der Waals surface area contributed by atoms with E-state index in [4.69, 9.17) is 16.0 Å². The van der Waals surface area contributed by atoms with Gasteiger partial charge in [-0.1, -0.05) is 43.3 Å². The van der Waals surface area contributed by atoms with Crippen LogP contribution in [0.5, 0.6) is 5.75 Å². The molecule has 162 valence electrons. The van der Waals surface area contributed by atoms with Gasteiger partial charge in [-0.15, -0.1) is 0 Å². The van der Waals surface area contributed by atoms with E-state index in [9.17, 15) is 23.5 Å². The number of hydrogen-bond acceptors (Lipinski definition) is 5. The summed E-state index contributed by atoms with van der Waals surface area (Å²) in [6.45, 7) is 3.36. The van der Waals surface area contributed by atoms with Gasteiger partial charge in [0, 0.05) is 38.7 Å². The summed E-state index contributed by atoms with van der Waals surface area (Å²) in [6.07, 6.45) is 0. The molecule has 0 bridgehead atoms. The Labute approximate surface area is 188 Å². The second-order valence-electron chi connectivity index (χ2n) is 7.94. The average molecular weight is 474 g/mol. The van der Waals surface area contributed by atoms with Gasteiger partial charge in [0.2, 0.25) is 0 Å². The van der Waals surface area contributed by atoms with Crippen LogP contribution in [0, 0.1) is 11.6 Å². The van der Waals surface area contributed by atoms with Gasteiger partial charge in [0.15, 0.2) is 5.75 Å². The fourth-order valence-electron chi connectivity index (χ4n) is 4.16. The minimum absolute atomic E-state index is 0.0454. The zero-order valence-electron chi connectivity index (χ0n) is 16.7. The second kappa shape index (κ2) is 6.95. The van der Waals surface area contributed by atoms with Gasteiger partial charge in [-0.05, 0) is 24.3 Å². The number of aromatic hydroxyl groups is 1. The van der Waals surface area contributed by atoms with Crippen molar-refractivity contribution in [2.45, 2.75) is 29.1 Å². The normalized spacial score (nSPS) is 13.9. The van der Waals surface area contributed by atoms with Crippen molar-refractivity contribution in [2.24, 2.45) is 0 Å². The Morgan fingerprint density at radius 3 is 2.59 bits per heavy atom. The van der Waals surface area contributed by atoms with Crippen LogP contribution in [0.1, 0.15) is 25.1 Å². The van der Waals surface area contributed by atoms with Gasteiger partial charge in [0.25, 0.3) is 5.56 Å². The molecule has 1 aliphatic rings. The van der Waals surface area contributed by atoms with Crippen LogP contribution < -0.4 is 11.2 Å². The largest absolute Gasteiger partial charge is 0.505 e. The molecule has 0 unspecified atom stereocenters. The smallest absolute Gasteiger partial charge is 0.354 e. The number of aromatic nitrogens is 1. The number of rotatable bonds is 2. The number of fused-ring (bicyclic) bond motifs is 4. The highest BCUT2D eigenvalue weighted by molar-refractivity contribution is 7.99. The molecule has 1 N–H and O–H groups in total. The summed E-state index contributed by atoms with van der Waals surface area (Å²) in [6, 6.07) is 9.84. The maximum Gasteiger partial charge on any atom is 0.354 e. The first-order chi connectivity index (χ1) is 15.1. The van der Waals surface area contributed by atoms with E-state index in [1.54, 1.807) is 38.1 Å². The molecule has 0 amide bonds. The Morgan fingerprint density at radius 1 is 1.12 bits per heavy atom. The minimum atomic E-state index is -1.01. The lowest BCUT2D eigenvalue weighted by Crippen LogP contribution is -2.24. The molecule has 0 saturated carbocycles. The van der Waals surface area contributed by atoms with E-state index in [0.29, 0.717) is 15.6 Å². The zero-order chi connectivity index (χ0) is 22.9. The zero-order valence-corrected chi connectivity index (χ0v) is 18.3. The van der Waals surface area contributed by atoms with Crippen molar-refractivity contribution >= 4 is 34.3 Å². The molecule has 0 spiro atoms. The van der Waals surface area contributed by atoms with Crippen molar-refractivity contribution in [3.63, 3.8) is 0 Å². The summed E-state index contributed by atoms with van der Waals surface area (Å²) in [5.74, 6) is -2.19. The van der Waals surface area contributed by atoms with E-state index in [2.05, 4.69) is 0 Å². The van der Waals surface area contributed by atoms with Crippen molar-refractivity contribution in [2.75, 3.05) is 0 Å². The van der Waals surface area contributed by atoms with Crippen LogP contribution in [0.2, 0.25) is 5.02 Å². The van der Waals surface area contributed by atoms with E-state index < -0.39 is 34.0 Å². The topological polar surface area (TPSA) is 72.4 Å². The minimum Gasteiger partial charge on any atom is -0.505 e. The van der Waals surface area contributed by atoms with Gasteiger partial charge < -0.3 is 9.52 Å². The van der Waals surface area contributed by atoms with Crippen molar-refractivity contribution < 1.29 is 18.3 Å². The van der Waals surface area contributed by atoms with Gasteiger partial charge in [0.05, 0.1) is 5.69 Å². The number of halogens is 3. The Kier molecular flexibility index (Phi) is 4.51. The molecule has 32 heavy (non-hydrogen) atoms. The third-order valence-electron chi connectivity index (χ3n) is 5.57. The predicted molar refractivity (Wildman–Crippen MR) is 117 cm³/mol. The van der Waals surface area contributed by atoms with Crippen LogP contribution in [-0.4, -0.2) is 9.67 Å². The summed E-state index contributed by atoms with van der Waals surface area (Å²) < 4.78 is 35.2. The van der Waals surface area contributed by atoms with E-state index in [1.165, 1.54) is 6.07 Å². The van der Waals surface area contributed by atoms with Crippen molar-refractivity contribution in [1.29, 1.82) is 0 Å². The first-order valence-electron chi connectivity index (χ1n) is 9.49.